The van der Waals surface area contributed by atoms with Gasteiger partial charge in [-0.25, -0.2) is 4.79 Å². The molecule has 0 radical (unpaired) electrons. The van der Waals surface area contributed by atoms with E-state index in [2.05, 4.69) is 22.0 Å². The molecule has 7 atom stereocenters. The summed E-state index contributed by atoms with van der Waals surface area (Å²) < 4.78 is 5.42. The lowest BCUT2D eigenvalue weighted by Gasteiger charge is -2.33. The molecule has 1 saturated carbocycles. The van der Waals surface area contributed by atoms with E-state index in [0.29, 0.717) is 25.9 Å². The van der Waals surface area contributed by atoms with Crippen molar-refractivity contribution in [3.8, 4) is 6.07 Å². The van der Waals surface area contributed by atoms with Gasteiger partial charge in [-0.05, 0) is 77.0 Å². The molecular weight excluding hydrogens is 474 g/mol. The molecule has 3 aliphatic heterocycles. The van der Waals surface area contributed by atoms with E-state index in [1.165, 1.54) is 0 Å². The van der Waals surface area contributed by atoms with Crippen LogP contribution in [0.4, 0.5) is 4.79 Å². The first-order chi connectivity index (χ1) is 17.6. The summed E-state index contributed by atoms with van der Waals surface area (Å²) in [6.07, 6.45) is 7.84. The topological polar surface area (TPSA) is 141 Å². The number of carbonyl (C=O) groups excluding carboxylic acids is 4. The summed E-state index contributed by atoms with van der Waals surface area (Å²) in [6.45, 7) is 6.28. The highest BCUT2D eigenvalue weighted by molar-refractivity contribution is 5.92. The molecule has 3 N–H and O–H groups in total. The number of rotatable bonds is 1. The van der Waals surface area contributed by atoms with Gasteiger partial charge in [0.15, 0.2) is 0 Å². The number of carbonyl (C=O) groups is 4. The maximum Gasteiger partial charge on any atom is 0.408 e. The van der Waals surface area contributed by atoms with Gasteiger partial charge in [-0.3, -0.25) is 14.4 Å². The Labute approximate surface area is 218 Å². The fraction of sp³-hybridized carbons (Fsp3) is 0.741. The Balaban J connectivity index is 1.64. The zero-order valence-electron chi connectivity index (χ0n) is 22.0. The van der Waals surface area contributed by atoms with Crippen molar-refractivity contribution < 1.29 is 23.9 Å². The Morgan fingerprint density at radius 3 is 2.68 bits per heavy atom. The minimum atomic E-state index is -0.853. The molecule has 4 rings (SSSR count). The van der Waals surface area contributed by atoms with Crippen molar-refractivity contribution in [2.75, 3.05) is 13.1 Å². The van der Waals surface area contributed by atoms with E-state index in [0.717, 1.165) is 25.7 Å². The summed E-state index contributed by atoms with van der Waals surface area (Å²) in [5.41, 5.74) is -0.718. The molecule has 1 unspecified atom stereocenters. The molecule has 0 bridgehead atoms. The molecule has 37 heavy (non-hydrogen) atoms. The maximum absolute atomic E-state index is 13.8. The summed E-state index contributed by atoms with van der Waals surface area (Å²) in [5, 5.41) is 18.3. The van der Waals surface area contributed by atoms with Gasteiger partial charge in [-0.15, -0.1) is 0 Å². The fourth-order valence-electron chi connectivity index (χ4n) is 6.37. The molecule has 202 valence electrons. The van der Waals surface area contributed by atoms with E-state index in [1.54, 1.807) is 25.7 Å². The standard InChI is InChI=1S/C27H39N5O5/c1-27(2,3)37-26(36)31-21-10-5-4-7-16-11-12-29-23(33)20(16)13-18(14-28)30-24(34)22-19-9-6-8-17(19)15-32(22)25(21)35/h4,7,16-22H,5-6,8-13,15H2,1-3H3,(H,29,33)(H,30,34)(H,31,36)/b7-4-/t16?,17-,18-,19-,20-,21-,22-/m0/s1. The van der Waals surface area contributed by atoms with E-state index in [9.17, 15) is 24.4 Å². The third-order valence-electron chi connectivity index (χ3n) is 8.03. The Kier molecular flexibility index (Phi) is 8.10. The van der Waals surface area contributed by atoms with E-state index >= 15 is 0 Å². The van der Waals surface area contributed by atoms with Crippen molar-refractivity contribution in [1.82, 2.24) is 20.9 Å². The maximum atomic E-state index is 13.8. The van der Waals surface area contributed by atoms with Gasteiger partial charge in [0.05, 0.1) is 6.07 Å². The molecular formula is C27H39N5O5. The molecule has 4 amide bonds. The second kappa shape index (κ2) is 11.1. The van der Waals surface area contributed by atoms with Crippen LogP contribution in [0, 0.1) is 35.0 Å². The molecule has 0 aromatic carbocycles. The SMILES string of the molecule is CC(C)(C)OC(=O)N[C@H]1CC/C=C\C2CCNC(=O)[C@H]2C[C@@H](C#N)NC(=O)[C@@H]2[C@H]3CCC[C@H]3CN2C1=O. The highest BCUT2D eigenvalue weighted by atomic mass is 16.6. The summed E-state index contributed by atoms with van der Waals surface area (Å²) in [7, 11) is 0. The Hall–Kier alpha value is -3.09. The third-order valence-corrected chi connectivity index (χ3v) is 8.03. The first kappa shape index (κ1) is 27.0. The molecule has 0 spiro atoms. The van der Waals surface area contributed by atoms with Crippen LogP contribution < -0.4 is 16.0 Å². The van der Waals surface area contributed by atoms with Crippen molar-refractivity contribution in [1.29, 1.82) is 5.26 Å². The number of nitriles is 1. The van der Waals surface area contributed by atoms with E-state index in [4.69, 9.17) is 4.74 Å². The lowest BCUT2D eigenvalue weighted by atomic mass is 9.81. The van der Waals surface area contributed by atoms with Crippen molar-refractivity contribution in [3.05, 3.63) is 12.2 Å². The number of amides is 4. The van der Waals surface area contributed by atoms with Gasteiger partial charge in [0, 0.05) is 19.0 Å². The van der Waals surface area contributed by atoms with Crippen LogP contribution in [0.25, 0.3) is 0 Å². The second-order valence-electron chi connectivity index (χ2n) is 11.8. The summed E-state index contributed by atoms with van der Waals surface area (Å²) in [6, 6.07) is -0.231. The second-order valence-corrected chi connectivity index (χ2v) is 11.8. The number of nitrogens with zero attached hydrogens (tertiary/aromatic N) is 2. The monoisotopic (exact) mass is 513 g/mol. The number of fused-ring (bicyclic) bond motifs is 4. The normalized spacial score (nSPS) is 35.6. The van der Waals surface area contributed by atoms with Crippen molar-refractivity contribution in [2.24, 2.45) is 23.7 Å². The van der Waals surface area contributed by atoms with Crippen LogP contribution in [0.2, 0.25) is 0 Å². The highest BCUT2D eigenvalue weighted by Crippen LogP contribution is 2.42. The third kappa shape index (κ3) is 6.25. The van der Waals surface area contributed by atoms with Gasteiger partial charge < -0.3 is 25.6 Å². The summed E-state index contributed by atoms with van der Waals surface area (Å²) in [4.78, 5) is 54.3. The first-order valence-electron chi connectivity index (χ1n) is 13.5. The largest absolute Gasteiger partial charge is 0.444 e. The van der Waals surface area contributed by atoms with Gasteiger partial charge in [-0.2, -0.15) is 5.26 Å². The number of piperidine rings is 1. The zero-order valence-corrected chi connectivity index (χ0v) is 22.0. The van der Waals surface area contributed by atoms with E-state index in [1.807, 2.05) is 12.2 Å². The van der Waals surface area contributed by atoms with E-state index < -0.39 is 35.7 Å². The van der Waals surface area contributed by atoms with Gasteiger partial charge in [0.2, 0.25) is 17.7 Å². The number of hydrogen-bond acceptors (Lipinski definition) is 6. The average molecular weight is 514 g/mol. The number of hydrogen-bond donors (Lipinski definition) is 3. The van der Waals surface area contributed by atoms with Crippen molar-refractivity contribution >= 4 is 23.8 Å². The van der Waals surface area contributed by atoms with Crippen LogP contribution in [0.15, 0.2) is 12.2 Å². The van der Waals surface area contributed by atoms with Crippen LogP contribution in [-0.4, -0.2) is 65.5 Å². The van der Waals surface area contributed by atoms with Crippen LogP contribution >= 0.6 is 0 Å². The van der Waals surface area contributed by atoms with Crippen molar-refractivity contribution in [3.63, 3.8) is 0 Å². The number of allylic oxidation sites excluding steroid dienone is 2. The lowest BCUT2D eigenvalue weighted by molar-refractivity contribution is -0.141. The Morgan fingerprint density at radius 2 is 1.95 bits per heavy atom. The molecule has 10 nitrogen and oxygen atoms in total. The zero-order chi connectivity index (χ0) is 26.7. The molecule has 3 fully saturated rings. The quantitative estimate of drug-likeness (QED) is 0.458. The predicted molar refractivity (Wildman–Crippen MR) is 135 cm³/mol. The minimum absolute atomic E-state index is 0.0176. The molecule has 0 aromatic rings. The van der Waals surface area contributed by atoms with Gasteiger partial charge in [-0.1, -0.05) is 18.6 Å². The van der Waals surface area contributed by atoms with E-state index in [-0.39, 0.29) is 41.9 Å². The van der Waals surface area contributed by atoms with Gasteiger partial charge in [0.25, 0.3) is 0 Å². The van der Waals surface area contributed by atoms with Crippen molar-refractivity contribution in [2.45, 2.75) is 89.4 Å². The van der Waals surface area contributed by atoms with Crippen LogP contribution in [0.1, 0.15) is 65.7 Å². The molecule has 1 aliphatic carbocycles. The smallest absolute Gasteiger partial charge is 0.408 e. The minimum Gasteiger partial charge on any atom is -0.444 e. The highest BCUT2D eigenvalue weighted by Gasteiger charge is 2.51. The average Bonchev–Trinajstić information content (AvgIpc) is 3.41. The van der Waals surface area contributed by atoms with Crippen LogP contribution in [-0.2, 0) is 19.1 Å². The molecule has 2 saturated heterocycles. The molecule has 10 heteroatoms. The molecule has 0 aromatic heterocycles. The fourth-order valence-corrected chi connectivity index (χ4v) is 6.37. The summed E-state index contributed by atoms with van der Waals surface area (Å²) >= 11 is 0. The molecule has 4 aliphatic rings. The number of ether oxygens (including phenoxy) is 1. The van der Waals surface area contributed by atoms with Crippen LogP contribution in [0.5, 0.6) is 0 Å². The lowest BCUT2D eigenvalue weighted by Crippen LogP contribution is -2.56. The first-order valence-corrected chi connectivity index (χ1v) is 13.5. The Morgan fingerprint density at radius 1 is 1.16 bits per heavy atom. The van der Waals surface area contributed by atoms with Gasteiger partial charge >= 0.3 is 6.09 Å². The number of nitrogens with one attached hydrogen (secondary N) is 3. The number of alkyl carbamates (subject to hydrolysis) is 1. The summed E-state index contributed by atoms with van der Waals surface area (Å²) in [5.74, 6) is -1.02. The predicted octanol–water partition coefficient (Wildman–Crippen LogP) is 2.01. The van der Waals surface area contributed by atoms with Gasteiger partial charge in [0.1, 0.15) is 23.7 Å². The molecule has 3 heterocycles. The Bertz CT molecular complexity index is 983. The van der Waals surface area contributed by atoms with Crippen LogP contribution in [0.3, 0.4) is 0 Å².